The number of nitrogens with one attached hydrogen (secondary N) is 1. The van der Waals surface area contributed by atoms with Crippen molar-refractivity contribution in [3.63, 3.8) is 0 Å². The number of carbonyl (C=O) groups is 2. The Morgan fingerprint density at radius 3 is 2.26 bits per heavy atom. The van der Waals surface area contributed by atoms with Crippen LogP contribution in [0.3, 0.4) is 0 Å². The van der Waals surface area contributed by atoms with Crippen LogP contribution in [0, 0.1) is 0 Å². The van der Waals surface area contributed by atoms with E-state index in [9.17, 15) is 18.0 Å². The Morgan fingerprint density at radius 1 is 0.971 bits per heavy atom. The maximum atomic E-state index is 13.1. The van der Waals surface area contributed by atoms with Crippen molar-refractivity contribution in [2.45, 2.75) is 51.0 Å². The molecule has 4 rings (SSSR count). The van der Waals surface area contributed by atoms with E-state index in [1.807, 2.05) is 30.9 Å². The van der Waals surface area contributed by atoms with Crippen LogP contribution in [0.4, 0.5) is 11.4 Å². The largest absolute Gasteiger partial charge is 0.370 e. The van der Waals surface area contributed by atoms with Crippen LogP contribution in [0.15, 0.2) is 47.4 Å². The number of likely N-dealkylation sites (tertiary alicyclic amines) is 1. The molecule has 0 radical (unpaired) electrons. The first kappa shape index (κ1) is 25.2. The highest BCUT2D eigenvalue weighted by Crippen LogP contribution is 2.32. The van der Waals surface area contributed by atoms with Gasteiger partial charge in [0, 0.05) is 51.3 Å². The highest BCUT2D eigenvalue weighted by Gasteiger charge is 2.25. The topological polar surface area (TPSA) is 90.0 Å². The van der Waals surface area contributed by atoms with Gasteiger partial charge in [-0.3, -0.25) is 9.59 Å². The van der Waals surface area contributed by atoms with Gasteiger partial charge in [-0.25, -0.2) is 8.42 Å². The van der Waals surface area contributed by atoms with E-state index in [-0.39, 0.29) is 16.7 Å². The summed E-state index contributed by atoms with van der Waals surface area (Å²) in [5.41, 5.74) is 2.78. The van der Waals surface area contributed by atoms with Crippen LogP contribution in [0.2, 0.25) is 0 Å². The summed E-state index contributed by atoms with van der Waals surface area (Å²) in [6, 6.07) is 12.2. The van der Waals surface area contributed by atoms with E-state index in [1.54, 1.807) is 30.3 Å². The Morgan fingerprint density at radius 2 is 1.66 bits per heavy atom. The molecule has 1 N–H and O–H groups in total. The normalized spacial score (nSPS) is 16.4. The molecule has 188 valence electrons. The molecule has 0 saturated carbocycles. The zero-order valence-electron chi connectivity index (χ0n) is 20.5. The lowest BCUT2D eigenvalue weighted by molar-refractivity contribution is -0.128. The van der Waals surface area contributed by atoms with E-state index >= 15 is 0 Å². The van der Waals surface area contributed by atoms with Crippen LogP contribution in [0.1, 0.15) is 55.5 Å². The highest BCUT2D eigenvalue weighted by atomic mass is 32.2. The number of nitrogens with zero attached hydrogens (tertiary/aromatic N) is 3. The van der Waals surface area contributed by atoms with E-state index in [0.717, 1.165) is 50.1 Å². The number of carbonyl (C=O) groups excluding carboxylic acids is 2. The van der Waals surface area contributed by atoms with E-state index in [4.69, 9.17) is 0 Å². The molecular weight excluding hydrogens is 464 g/mol. The molecule has 8 nitrogen and oxygen atoms in total. The molecule has 0 aliphatic carbocycles. The molecule has 0 atom stereocenters. The molecule has 9 heteroatoms. The summed E-state index contributed by atoms with van der Waals surface area (Å²) in [6.07, 6.45) is 3.62. The maximum absolute atomic E-state index is 13.1. The second-order valence-electron chi connectivity index (χ2n) is 9.03. The Labute approximate surface area is 207 Å². The van der Waals surface area contributed by atoms with Crippen LogP contribution < -0.4 is 10.2 Å². The summed E-state index contributed by atoms with van der Waals surface area (Å²) < 4.78 is 27.6. The number of amides is 2. The Balaban J connectivity index is 1.57. The van der Waals surface area contributed by atoms with Crippen molar-refractivity contribution in [3.8, 4) is 0 Å². The number of hydrogen-bond donors (Lipinski definition) is 1. The van der Waals surface area contributed by atoms with Crippen molar-refractivity contribution in [1.82, 2.24) is 9.21 Å². The first-order valence-corrected chi connectivity index (χ1v) is 13.8. The lowest BCUT2D eigenvalue weighted by Crippen LogP contribution is -2.31. The molecule has 0 unspecified atom stereocenters. The van der Waals surface area contributed by atoms with E-state index in [2.05, 4.69) is 10.2 Å². The maximum Gasteiger partial charge on any atom is 0.255 e. The van der Waals surface area contributed by atoms with Gasteiger partial charge < -0.3 is 15.1 Å². The SMILES string of the molecule is CCN(CC)S(=O)(=O)c1ccc(N2CCCC2)c(NC(=O)c2ccc(CN3CCCC3=O)cc2)c1. The minimum absolute atomic E-state index is 0.167. The number of benzene rings is 2. The third-order valence-corrected chi connectivity index (χ3v) is 8.81. The molecule has 2 aliphatic heterocycles. The minimum Gasteiger partial charge on any atom is -0.370 e. The number of hydrogen-bond acceptors (Lipinski definition) is 5. The molecule has 2 heterocycles. The molecule has 2 amide bonds. The van der Waals surface area contributed by atoms with Gasteiger partial charge in [0.1, 0.15) is 0 Å². The molecule has 2 aliphatic rings. The molecule has 0 aromatic heterocycles. The molecule has 35 heavy (non-hydrogen) atoms. The summed E-state index contributed by atoms with van der Waals surface area (Å²) in [5, 5.41) is 2.96. The van der Waals surface area contributed by atoms with Crippen molar-refractivity contribution in [2.75, 3.05) is 42.9 Å². The Kier molecular flexibility index (Phi) is 7.76. The van der Waals surface area contributed by atoms with Crippen molar-refractivity contribution < 1.29 is 18.0 Å². The van der Waals surface area contributed by atoms with E-state index in [0.29, 0.717) is 37.3 Å². The van der Waals surface area contributed by atoms with Gasteiger partial charge in [-0.05, 0) is 55.2 Å². The molecule has 2 aromatic rings. The molecule has 0 bridgehead atoms. The molecule has 2 aromatic carbocycles. The average Bonchev–Trinajstić information content (AvgIpc) is 3.52. The number of sulfonamides is 1. The van der Waals surface area contributed by atoms with Crippen LogP contribution in [-0.2, 0) is 21.4 Å². The Bertz CT molecular complexity index is 1170. The minimum atomic E-state index is -3.65. The highest BCUT2D eigenvalue weighted by molar-refractivity contribution is 7.89. The second-order valence-corrected chi connectivity index (χ2v) is 11.0. The van der Waals surface area contributed by atoms with Crippen molar-refractivity contribution in [3.05, 3.63) is 53.6 Å². The van der Waals surface area contributed by atoms with Gasteiger partial charge in [-0.15, -0.1) is 0 Å². The molecule has 2 fully saturated rings. The number of anilines is 2. The van der Waals surface area contributed by atoms with Crippen LogP contribution in [0.25, 0.3) is 0 Å². The fourth-order valence-corrected chi connectivity index (χ4v) is 6.25. The van der Waals surface area contributed by atoms with Crippen molar-refractivity contribution in [1.29, 1.82) is 0 Å². The lowest BCUT2D eigenvalue weighted by Gasteiger charge is -2.24. The number of rotatable bonds is 9. The molecule has 2 saturated heterocycles. The van der Waals surface area contributed by atoms with Crippen LogP contribution in [-0.4, -0.2) is 62.2 Å². The van der Waals surface area contributed by atoms with Crippen molar-refractivity contribution in [2.24, 2.45) is 0 Å². The fourth-order valence-electron chi connectivity index (χ4n) is 4.77. The van der Waals surface area contributed by atoms with E-state index in [1.165, 1.54) is 4.31 Å². The molecule has 0 spiro atoms. The average molecular weight is 499 g/mol. The zero-order chi connectivity index (χ0) is 25.0. The summed E-state index contributed by atoms with van der Waals surface area (Å²) in [4.78, 5) is 29.2. The van der Waals surface area contributed by atoms with E-state index < -0.39 is 10.0 Å². The zero-order valence-corrected chi connectivity index (χ0v) is 21.3. The predicted octanol–water partition coefficient (Wildman–Crippen LogP) is 3.69. The predicted molar refractivity (Wildman–Crippen MR) is 137 cm³/mol. The van der Waals surface area contributed by atoms with Crippen molar-refractivity contribution >= 4 is 33.2 Å². The first-order chi connectivity index (χ1) is 16.8. The Hall–Kier alpha value is -2.91. The summed E-state index contributed by atoms with van der Waals surface area (Å²) in [6.45, 7) is 7.44. The lowest BCUT2D eigenvalue weighted by atomic mass is 10.1. The van der Waals surface area contributed by atoms with Gasteiger partial charge in [0.15, 0.2) is 0 Å². The third kappa shape index (κ3) is 5.51. The molecular formula is C26H34N4O4S. The quantitative estimate of drug-likeness (QED) is 0.570. The summed E-state index contributed by atoms with van der Waals surface area (Å²) in [5.74, 6) is -0.132. The second kappa shape index (κ2) is 10.8. The van der Waals surface area contributed by atoms with Gasteiger partial charge in [0.05, 0.1) is 16.3 Å². The smallest absolute Gasteiger partial charge is 0.255 e. The van der Waals surface area contributed by atoms with Gasteiger partial charge >= 0.3 is 0 Å². The standard InChI is InChI=1S/C26H34N4O4S/c1-3-30(4-2)35(33,34)22-13-14-24(28-15-5-6-16-28)23(18-22)27-26(32)21-11-9-20(10-12-21)19-29-17-7-8-25(29)31/h9-14,18H,3-8,15-17,19H2,1-2H3,(H,27,32). The van der Waals surface area contributed by atoms with Gasteiger partial charge in [0.25, 0.3) is 5.91 Å². The first-order valence-electron chi connectivity index (χ1n) is 12.4. The summed E-state index contributed by atoms with van der Waals surface area (Å²) >= 11 is 0. The monoisotopic (exact) mass is 498 g/mol. The van der Waals surface area contributed by atoms with Crippen LogP contribution in [0.5, 0.6) is 0 Å². The van der Waals surface area contributed by atoms with Gasteiger partial charge in [-0.2, -0.15) is 4.31 Å². The fraction of sp³-hybridized carbons (Fsp3) is 0.462. The van der Waals surface area contributed by atoms with Gasteiger partial charge in [-0.1, -0.05) is 26.0 Å². The summed E-state index contributed by atoms with van der Waals surface area (Å²) in [7, 11) is -3.65. The van der Waals surface area contributed by atoms with Gasteiger partial charge in [0.2, 0.25) is 15.9 Å². The third-order valence-electron chi connectivity index (χ3n) is 6.77. The van der Waals surface area contributed by atoms with Crippen LogP contribution >= 0.6 is 0 Å².